The predicted octanol–water partition coefficient (Wildman–Crippen LogP) is 5.75. The zero-order valence-corrected chi connectivity index (χ0v) is 21.5. The maximum atomic E-state index is 12.7. The van der Waals surface area contributed by atoms with Gasteiger partial charge in [-0.2, -0.15) is 0 Å². The smallest absolute Gasteiger partial charge is 0.337 e. The average Bonchev–Trinajstić information content (AvgIpc) is 2.95. The van der Waals surface area contributed by atoms with Crippen molar-refractivity contribution in [2.75, 3.05) is 27.3 Å². The molecule has 0 aromatic heterocycles. The molecular weight excluding hydrogens is 468 g/mol. The molecule has 0 unspecified atom stereocenters. The van der Waals surface area contributed by atoms with E-state index in [1.807, 2.05) is 54.3 Å². The molecular formula is C30H32N2O5. The second-order valence-corrected chi connectivity index (χ2v) is 9.00. The number of carbonyl (C=O) groups is 2. The zero-order chi connectivity index (χ0) is 26.2. The third-order valence-corrected chi connectivity index (χ3v) is 6.40. The van der Waals surface area contributed by atoms with E-state index in [4.69, 9.17) is 14.2 Å². The van der Waals surface area contributed by atoms with Crippen LogP contribution in [0, 0.1) is 6.92 Å². The average molecular weight is 501 g/mol. The van der Waals surface area contributed by atoms with E-state index in [1.165, 1.54) is 13.5 Å². The molecule has 1 fully saturated rings. The number of methoxy groups -OCH3 is 2. The Labute approximate surface area is 217 Å². The lowest BCUT2D eigenvalue weighted by atomic mass is 10.1. The minimum absolute atomic E-state index is 0.0979. The quantitative estimate of drug-likeness (QED) is 0.291. The van der Waals surface area contributed by atoms with Crippen molar-refractivity contribution in [2.24, 2.45) is 4.99 Å². The van der Waals surface area contributed by atoms with E-state index in [-0.39, 0.29) is 11.9 Å². The number of nitrogens with zero attached hydrogens (tertiary/aromatic N) is 2. The lowest BCUT2D eigenvalue weighted by Gasteiger charge is -2.26. The van der Waals surface area contributed by atoms with E-state index < -0.39 is 0 Å². The number of piperidine rings is 1. The summed E-state index contributed by atoms with van der Waals surface area (Å²) >= 11 is 0. The van der Waals surface area contributed by atoms with E-state index in [0.29, 0.717) is 29.2 Å². The number of aliphatic imine (C=N–C) groups is 1. The van der Waals surface area contributed by atoms with Crippen molar-refractivity contribution in [3.05, 3.63) is 88.5 Å². The summed E-state index contributed by atoms with van der Waals surface area (Å²) in [6.07, 6.45) is 5.09. The van der Waals surface area contributed by atoms with Gasteiger partial charge in [-0.3, -0.25) is 9.79 Å². The van der Waals surface area contributed by atoms with Crippen LogP contribution < -0.4 is 9.47 Å². The van der Waals surface area contributed by atoms with Crippen molar-refractivity contribution in [1.82, 2.24) is 4.90 Å². The largest absolute Gasteiger partial charge is 0.493 e. The maximum Gasteiger partial charge on any atom is 0.337 e. The molecule has 0 radical (unpaired) electrons. The van der Waals surface area contributed by atoms with Gasteiger partial charge in [0.15, 0.2) is 11.5 Å². The molecule has 7 nitrogen and oxygen atoms in total. The van der Waals surface area contributed by atoms with Gasteiger partial charge in [-0.25, -0.2) is 4.79 Å². The Morgan fingerprint density at radius 3 is 2.30 bits per heavy atom. The highest BCUT2D eigenvalue weighted by atomic mass is 16.5. The molecule has 0 atom stereocenters. The van der Waals surface area contributed by atoms with Crippen LogP contribution in [0.25, 0.3) is 0 Å². The second-order valence-electron chi connectivity index (χ2n) is 9.00. The number of hydrogen-bond acceptors (Lipinski definition) is 6. The first-order valence-electron chi connectivity index (χ1n) is 12.4. The molecule has 37 heavy (non-hydrogen) atoms. The van der Waals surface area contributed by atoms with E-state index in [9.17, 15) is 9.59 Å². The highest BCUT2D eigenvalue weighted by molar-refractivity contribution is 5.94. The Morgan fingerprint density at radius 2 is 1.62 bits per heavy atom. The van der Waals surface area contributed by atoms with Gasteiger partial charge in [-0.05, 0) is 91.4 Å². The molecule has 0 bridgehead atoms. The van der Waals surface area contributed by atoms with Gasteiger partial charge in [0.1, 0.15) is 6.61 Å². The Balaban J connectivity index is 1.38. The molecule has 1 amide bonds. The Morgan fingerprint density at radius 1 is 0.892 bits per heavy atom. The van der Waals surface area contributed by atoms with Gasteiger partial charge in [-0.15, -0.1) is 0 Å². The highest BCUT2D eigenvalue weighted by Gasteiger charge is 2.18. The number of ether oxygens (including phenoxy) is 3. The molecule has 1 saturated heterocycles. The number of rotatable bonds is 8. The van der Waals surface area contributed by atoms with E-state index in [1.54, 1.807) is 31.5 Å². The SMILES string of the molecule is COC(=O)c1ccc(N=Cc2ccc(OCc3ccc(C(=O)N4CCCCC4)cc3)c(OC)c2)c(C)c1. The predicted molar refractivity (Wildman–Crippen MR) is 143 cm³/mol. The van der Waals surface area contributed by atoms with Gasteiger partial charge in [0.2, 0.25) is 0 Å². The lowest BCUT2D eigenvalue weighted by molar-refractivity contribution is 0.0600. The summed E-state index contributed by atoms with van der Waals surface area (Å²) in [5.41, 5.74) is 4.64. The Kier molecular flexibility index (Phi) is 8.56. The van der Waals surface area contributed by atoms with Crippen LogP contribution in [0.4, 0.5) is 5.69 Å². The van der Waals surface area contributed by atoms with Crippen LogP contribution in [0.15, 0.2) is 65.7 Å². The number of benzene rings is 3. The van der Waals surface area contributed by atoms with Crippen LogP contribution >= 0.6 is 0 Å². The van der Waals surface area contributed by atoms with Gasteiger partial charge in [0.25, 0.3) is 5.91 Å². The van der Waals surface area contributed by atoms with Crippen LogP contribution in [0.2, 0.25) is 0 Å². The fourth-order valence-electron chi connectivity index (χ4n) is 4.26. The molecule has 0 saturated carbocycles. The normalized spacial score (nSPS) is 13.4. The minimum atomic E-state index is -0.374. The summed E-state index contributed by atoms with van der Waals surface area (Å²) in [5.74, 6) is 0.937. The Bertz CT molecular complexity index is 1280. The minimum Gasteiger partial charge on any atom is -0.493 e. The van der Waals surface area contributed by atoms with Crippen molar-refractivity contribution in [3.63, 3.8) is 0 Å². The molecule has 3 aromatic rings. The maximum absolute atomic E-state index is 12.7. The second kappa shape index (κ2) is 12.2. The summed E-state index contributed by atoms with van der Waals surface area (Å²) in [6, 6.07) is 18.4. The summed E-state index contributed by atoms with van der Waals surface area (Å²) < 4.78 is 16.3. The zero-order valence-electron chi connectivity index (χ0n) is 21.5. The van der Waals surface area contributed by atoms with Crippen LogP contribution in [0.5, 0.6) is 11.5 Å². The van der Waals surface area contributed by atoms with Crippen LogP contribution in [-0.2, 0) is 11.3 Å². The molecule has 0 aliphatic carbocycles. The van der Waals surface area contributed by atoms with Crippen molar-refractivity contribution >= 4 is 23.8 Å². The third-order valence-electron chi connectivity index (χ3n) is 6.40. The van der Waals surface area contributed by atoms with Crippen molar-refractivity contribution in [1.29, 1.82) is 0 Å². The fraction of sp³-hybridized carbons (Fsp3) is 0.300. The van der Waals surface area contributed by atoms with Gasteiger partial charge in [-0.1, -0.05) is 12.1 Å². The molecule has 3 aromatic carbocycles. The van der Waals surface area contributed by atoms with Crippen molar-refractivity contribution in [3.8, 4) is 11.5 Å². The van der Waals surface area contributed by atoms with E-state index in [0.717, 1.165) is 48.3 Å². The van der Waals surface area contributed by atoms with Crippen LogP contribution in [0.3, 0.4) is 0 Å². The number of carbonyl (C=O) groups excluding carboxylic acids is 2. The number of hydrogen-bond donors (Lipinski definition) is 0. The van der Waals surface area contributed by atoms with Crippen molar-refractivity contribution in [2.45, 2.75) is 32.8 Å². The fourth-order valence-corrected chi connectivity index (χ4v) is 4.26. The topological polar surface area (TPSA) is 77.4 Å². The summed E-state index contributed by atoms with van der Waals surface area (Å²) in [5, 5.41) is 0. The third kappa shape index (κ3) is 6.55. The first-order valence-corrected chi connectivity index (χ1v) is 12.4. The number of aryl methyl sites for hydroxylation is 1. The van der Waals surface area contributed by atoms with Crippen molar-refractivity contribution < 1.29 is 23.8 Å². The summed E-state index contributed by atoms with van der Waals surface area (Å²) in [7, 11) is 2.96. The number of likely N-dealkylation sites (tertiary alicyclic amines) is 1. The van der Waals surface area contributed by atoms with E-state index in [2.05, 4.69) is 4.99 Å². The standard InChI is InChI=1S/C30H32N2O5/c1-21-17-25(30(34)36-3)12-13-26(21)31-19-23-9-14-27(28(18-23)35-2)37-20-22-7-10-24(11-8-22)29(33)32-15-5-4-6-16-32/h7-14,17-19H,4-6,15-16,20H2,1-3H3. The molecule has 1 aliphatic heterocycles. The molecule has 1 heterocycles. The number of esters is 1. The van der Waals surface area contributed by atoms with Crippen LogP contribution in [0.1, 0.15) is 56.7 Å². The monoisotopic (exact) mass is 500 g/mol. The first-order chi connectivity index (χ1) is 18.0. The lowest BCUT2D eigenvalue weighted by Crippen LogP contribution is -2.35. The van der Waals surface area contributed by atoms with Gasteiger partial charge in [0, 0.05) is 24.9 Å². The summed E-state index contributed by atoms with van der Waals surface area (Å²) in [4.78, 5) is 30.9. The van der Waals surface area contributed by atoms with Gasteiger partial charge < -0.3 is 19.1 Å². The van der Waals surface area contributed by atoms with Crippen LogP contribution in [-0.4, -0.2) is 50.3 Å². The number of amides is 1. The van der Waals surface area contributed by atoms with Gasteiger partial charge in [0.05, 0.1) is 25.5 Å². The first kappa shape index (κ1) is 25.9. The molecule has 192 valence electrons. The highest BCUT2D eigenvalue weighted by Crippen LogP contribution is 2.29. The van der Waals surface area contributed by atoms with E-state index >= 15 is 0 Å². The molecule has 7 heteroatoms. The molecule has 4 rings (SSSR count). The molecule has 0 N–H and O–H groups in total. The molecule has 1 aliphatic rings. The Hall–Kier alpha value is -4.13. The molecule has 0 spiro atoms. The van der Waals surface area contributed by atoms with Gasteiger partial charge >= 0.3 is 5.97 Å². The summed E-state index contributed by atoms with van der Waals surface area (Å²) in [6.45, 7) is 3.93.